The fourth-order valence-corrected chi connectivity index (χ4v) is 10.5. The molecular formula is C21H36Cl2N2SiTi-2. The van der Waals surface area contributed by atoms with Crippen LogP contribution in [0.5, 0.6) is 0 Å². The Morgan fingerprint density at radius 1 is 1.15 bits per heavy atom. The summed E-state index contributed by atoms with van der Waals surface area (Å²) >= 11 is -0.556. The molecule has 0 radical (unpaired) electrons. The van der Waals surface area contributed by atoms with Crippen molar-refractivity contribution < 1.29 is 17.0 Å². The first-order chi connectivity index (χ1) is 12.1. The zero-order valence-electron chi connectivity index (χ0n) is 18.0. The van der Waals surface area contributed by atoms with Crippen LogP contribution in [0, 0.1) is 19.3 Å². The van der Waals surface area contributed by atoms with Gasteiger partial charge in [-0.15, -0.1) is 5.54 Å². The van der Waals surface area contributed by atoms with Gasteiger partial charge in [0.25, 0.3) is 0 Å². The van der Waals surface area contributed by atoms with Crippen LogP contribution in [-0.4, -0.2) is 26.4 Å². The Labute approximate surface area is 185 Å². The molecule has 1 aromatic carbocycles. The summed E-state index contributed by atoms with van der Waals surface area (Å²) in [4.78, 5) is 8.04. The number of rotatable bonds is 3. The maximum absolute atomic E-state index is 5.35. The first kappa shape index (κ1) is 25.5. The molecule has 1 aliphatic carbocycles. The third-order valence-electron chi connectivity index (χ3n) is 5.81. The van der Waals surface area contributed by atoms with Gasteiger partial charge in [0.15, 0.2) is 0 Å². The molecule has 3 rings (SSSR count). The predicted molar refractivity (Wildman–Crippen MR) is 122 cm³/mol. The zero-order chi connectivity index (χ0) is 19.5. The first-order valence-corrected chi connectivity index (χ1v) is 16.9. The molecule has 1 saturated heterocycles. The Morgan fingerprint density at radius 2 is 1.70 bits per heavy atom. The van der Waals surface area contributed by atoms with Crippen molar-refractivity contribution in [3.63, 3.8) is 0 Å². The molecule has 1 aromatic rings. The summed E-state index contributed by atoms with van der Waals surface area (Å²) in [5, 5.41) is 0. The molecule has 0 aromatic heterocycles. The van der Waals surface area contributed by atoms with Crippen molar-refractivity contribution in [2.75, 3.05) is 11.4 Å². The van der Waals surface area contributed by atoms with Crippen LogP contribution < -0.4 is 4.90 Å². The van der Waals surface area contributed by atoms with E-state index >= 15 is 0 Å². The van der Waals surface area contributed by atoms with E-state index in [0.29, 0.717) is 0 Å². The quantitative estimate of drug-likeness (QED) is 0.335. The molecule has 0 spiro atoms. The number of para-hydroxylation sites is 1. The molecule has 1 aliphatic heterocycles. The van der Waals surface area contributed by atoms with Gasteiger partial charge in [-0.3, -0.25) is 0 Å². The van der Waals surface area contributed by atoms with E-state index in [4.69, 9.17) is 23.6 Å². The van der Waals surface area contributed by atoms with Crippen molar-refractivity contribution >= 4 is 32.5 Å². The van der Waals surface area contributed by atoms with Crippen LogP contribution in [0.15, 0.2) is 30.3 Å². The predicted octanol–water partition coefficient (Wildman–Crippen LogP) is 7.50. The van der Waals surface area contributed by atoms with E-state index in [1.807, 2.05) is 0 Å². The van der Waals surface area contributed by atoms with Crippen LogP contribution in [0.25, 0.3) is 4.98 Å². The van der Waals surface area contributed by atoms with Gasteiger partial charge in [-0.25, -0.2) is 0 Å². The molecule has 1 saturated carbocycles. The van der Waals surface area contributed by atoms with E-state index in [0.717, 1.165) is 23.4 Å². The van der Waals surface area contributed by atoms with Crippen molar-refractivity contribution in [1.82, 2.24) is 0 Å². The van der Waals surface area contributed by atoms with E-state index in [1.54, 1.807) is 0 Å². The van der Waals surface area contributed by atoms with Gasteiger partial charge in [0.05, 0.1) is 0 Å². The minimum atomic E-state index is -1.59. The molecule has 4 unspecified atom stereocenters. The Bertz CT molecular complexity index is 565. The van der Waals surface area contributed by atoms with Crippen molar-refractivity contribution in [2.45, 2.75) is 70.8 Å². The second kappa shape index (κ2) is 10.5. The number of fused-ring (bicyclic) bond motifs is 1. The van der Waals surface area contributed by atoms with E-state index < -0.39 is 25.3 Å². The summed E-state index contributed by atoms with van der Waals surface area (Å²) in [6.07, 6.45) is 2.70. The summed E-state index contributed by atoms with van der Waals surface area (Å²) in [5.41, 5.74) is 2.35. The monoisotopic (exact) mass is 462 g/mol. The van der Waals surface area contributed by atoms with Gasteiger partial charge in [0, 0.05) is 18.3 Å². The third kappa shape index (κ3) is 6.49. The molecule has 27 heavy (non-hydrogen) atoms. The second-order valence-corrected chi connectivity index (χ2v) is 16.1. The van der Waals surface area contributed by atoms with Gasteiger partial charge in [-0.05, 0) is 36.8 Å². The Hall–Kier alpha value is 0.491. The maximum atomic E-state index is 5.35. The van der Waals surface area contributed by atoms with Gasteiger partial charge in [-0.2, -0.15) is 0 Å². The van der Waals surface area contributed by atoms with Gasteiger partial charge in [0.2, 0.25) is 0 Å². The number of anilines is 1. The number of hydrogen-bond acceptors (Lipinski definition) is 1. The van der Waals surface area contributed by atoms with Gasteiger partial charge in [-0.1, -0.05) is 72.8 Å². The fourth-order valence-electron chi connectivity index (χ4n) is 5.65. The van der Waals surface area contributed by atoms with Crippen molar-refractivity contribution in [3.05, 3.63) is 42.7 Å². The summed E-state index contributed by atoms with van der Waals surface area (Å²) < 4.78 is 0. The summed E-state index contributed by atoms with van der Waals surface area (Å²) in [5.74, 6) is 1.65. The molecule has 0 bridgehead atoms. The molecule has 2 nitrogen and oxygen atoms in total. The van der Waals surface area contributed by atoms with Crippen LogP contribution in [0.4, 0.5) is 5.69 Å². The zero-order valence-corrected chi connectivity index (χ0v) is 22.0. The van der Waals surface area contributed by atoms with E-state index in [2.05, 4.69) is 76.0 Å². The molecule has 0 amide bonds. The third-order valence-corrected chi connectivity index (χ3v) is 9.69. The van der Waals surface area contributed by atoms with Gasteiger partial charge in [0.1, 0.15) is 0 Å². The topological polar surface area (TPSA) is 17.3 Å². The van der Waals surface area contributed by atoms with Crippen molar-refractivity contribution in [2.24, 2.45) is 11.8 Å². The van der Waals surface area contributed by atoms with Gasteiger partial charge >= 0.3 is 35.6 Å². The summed E-state index contributed by atoms with van der Waals surface area (Å²) in [6.45, 7) is 15.5. The SMILES string of the molecule is CC1CC2C(CCN2c2ccccc2)C1[Si](C)(C)[N-]C(C)(C)C.[CH3-].[Cl][Ti][Cl]. The molecule has 154 valence electrons. The summed E-state index contributed by atoms with van der Waals surface area (Å²) in [7, 11) is 8.19. The van der Waals surface area contributed by atoms with Crippen LogP contribution in [0.1, 0.15) is 40.5 Å². The average molecular weight is 463 g/mol. The van der Waals surface area contributed by atoms with Crippen LogP contribution in [0.3, 0.4) is 0 Å². The minimum absolute atomic E-state index is 0. The normalized spacial score (nSPS) is 27.3. The van der Waals surface area contributed by atoms with Gasteiger partial charge < -0.3 is 17.3 Å². The molecule has 4 atom stereocenters. The van der Waals surface area contributed by atoms with Crippen LogP contribution in [-0.2, 0) is 17.0 Å². The molecular weight excluding hydrogens is 427 g/mol. The first-order valence-electron chi connectivity index (χ1n) is 9.62. The van der Waals surface area contributed by atoms with Crippen molar-refractivity contribution in [1.29, 1.82) is 0 Å². The summed E-state index contributed by atoms with van der Waals surface area (Å²) in [6, 6.07) is 11.8. The fraction of sp³-hybridized carbons (Fsp3) is 0.667. The van der Waals surface area contributed by atoms with Crippen LogP contribution >= 0.6 is 18.6 Å². The number of nitrogens with zero attached hydrogens (tertiary/aromatic N) is 2. The molecule has 0 N–H and O–H groups in total. The number of hydrogen-bond donors (Lipinski definition) is 0. The number of benzene rings is 1. The molecule has 1 heterocycles. The van der Waals surface area contributed by atoms with Crippen molar-refractivity contribution in [3.8, 4) is 0 Å². The standard InChI is InChI=1S/C20H33N2Si.CH3.2ClH.Ti/c1-15-14-18-17(19(15)23(5,6)21-20(2,3)4)12-13-22(18)16-10-8-7-9-11-16;;;;/h7-11,15,17-19H,12-14H2,1-6H3;1H3;2*1H;/q2*-1;;;+2/p-2. The van der Waals surface area contributed by atoms with Crippen LogP contribution in [0.2, 0.25) is 18.6 Å². The molecule has 2 aliphatic rings. The Kier molecular flexibility index (Phi) is 9.93. The molecule has 2 fully saturated rings. The van der Waals surface area contributed by atoms with E-state index in [1.165, 1.54) is 25.1 Å². The molecule has 6 heteroatoms. The Balaban J connectivity index is 0.000000855. The van der Waals surface area contributed by atoms with E-state index in [9.17, 15) is 0 Å². The average Bonchev–Trinajstić information content (AvgIpc) is 3.04. The second-order valence-electron chi connectivity index (χ2n) is 9.30. The Morgan fingerprint density at radius 3 is 2.22 bits per heavy atom. The van der Waals surface area contributed by atoms with E-state index in [-0.39, 0.29) is 13.0 Å². The number of halogens is 2.